The smallest absolute Gasteiger partial charge is 0.159 e. The Kier molecular flexibility index (Phi) is 1.13. The zero-order valence-corrected chi connectivity index (χ0v) is 6.90. The van der Waals surface area contributed by atoms with Crippen LogP contribution in [0.3, 0.4) is 0 Å². The topological polar surface area (TPSA) is 17.1 Å². The zero-order valence-electron chi connectivity index (χ0n) is 11.9. The normalized spacial score (nSPS) is 38.0. The van der Waals surface area contributed by atoms with Gasteiger partial charge in [0.15, 0.2) is 5.78 Å². The van der Waals surface area contributed by atoms with Crippen molar-refractivity contribution < 1.29 is 11.6 Å². The predicted molar refractivity (Wildman–Crippen MR) is 46.4 cm³/mol. The van der Waals surface area contributed by atoms with Gasteiger partial charge in [0.25, 0.3) is 0 Å². The summed E-state index contributed by atoms with van der Waals surface area (Å²) in [7, 11) is 0. The van der Waals surface area contributed by atoms with Crippen molar-refractivity contribution in [2.45, 2.75) is 39.9 Å². The van der Waals surface area contributed by atoms with Crippen molar-refractivity contribution in [3.05, 3.63) is 11.1 Å². The molecule has 0 aromatic heterocycles. The first kappa shape index (κ1) is 3.88. The molecule has 0 aromatic rings. The number of hydrogen-bond donors (Lipinski definition) is 0. The monoisotopic (exact) mass is 157 g/mol. The lowest BCUT2D eigenvalue weighted by atomic mass is 9.84. The highest BCUT2D eigenvalue weighted by Gasteiger charge is 2.20. The molecule has 0 bridgehead atoms. The number of allylic oxidation sites excluding steroid dienone is 2. The first-order valence-electron chi connectivity index (χ1n) is 6.25. The molecule has 1 aliphatic carbocycles. The maximum absolute atomic E-state index is 11.7. The van der Waals surface area contributed by atoms with Crippen LogP contribution in [0.5, 0.6) is 0 Å². The number of ketones is 1. The molecule has 1 heteroatoms. The molecule has 0 aromatic carbocycles. The fourth-order valence-electron chi connectivity index (χ4n) is 1.16. The first-order valence-corrected chi connectivity index (χ1v) is 3.75. The summed E-state index contributed by atoms with van der Waals surface area (Å²) >= 11 is 0. The summed E-state index contributed by atoms with van der Waals surface area (Å²) < 4.78 is 37.4. The predicted octanol–water partition coefficient (Wildman–Crippen LogP) is 2.71. The quantitative estimate of drug-likeness (QED) is 0.494. The van der Waals surface area contributed by atoms with Crippen LogP contribution in [0.25, 0.3) is 0 Å². The van der Waals surface area contributed by atoms with Crippen molar-refractivity contribution in [3.8, 4) is 0 Å². The average molecular weight is 157 g/mol. The molecule has 0 radical (unpaired) electrons. The third-order valence-electron chi connectivity index (χ3n) is 1.85. The molecule has 0 spiro atoms. The van der Waals surface area contributed by atoms with Gasteiger partial charge in [0.2, 0.25) is 0 Å². The van der Waals surface area contributed by atoms with Gasteiger partial charge in [-0.25, -0.2) is 0 Å². The number of Topliss-reactive ketones (excluding diaryl/α,β-unsaturated/α-hetero) is 1. The lowest BCUT2D eigenvalue weighted by Crippen LogP contribution is -2.16. The van der Waals surface area contributed by atoms with Crippen LogP contribution in [0, 0.1) is 5.92 Å². The molecule has 0 aliphatic heterocycles. The standard InChI is InChI=1S/C10H16O/c1-7(2)9-5-4-8(3)6-10(9)11/h8H,4-6H2,1-3H3/t8-/m1/s1/i3D3,4D2. The van der Waals surface area contributed by atoms with Crippen LogP contribution >= 0.6 is 0 Å². The van der Waals surface area contributed by atoms with Crippen LogP contribution in [0.15, 0.2) is 11.1 Å². The largest absolute Gasteiger partial charge is 0.295 e. The van der Waals surface area contributed by atoms with E-state index >= 15 is 0 Å². The Morgan fingerprint density at radius 2 is 2.45 bits per heavy atom. The van der Waals surface area contributed by atoms with E-state index in [9.17, 15) is 4.79 Å². The van der Waals surface area contributed by atoms with Crippen LogP contribution in [0.1, 0.15) is 46.8 Å². The maximum atomic E-state index is 11.7. The van der Waals surface area contributed by atoms with Gasteiger partial charge in [-0.15, -0.1) is 0 Å². The SMILES string of the molecule is [2H]C([2H])([2H])[C@H]1CC(=O)C(=C(C)C)CC1([2H])[2H]. The lowest BCUT2D eigenvalue weighted by Gasteiger charge is -2.19. The summed E-state index contributed by atoms with van der Waals surface area (Å²) in [6.07, 6.45) is -2.13. The molecular weight excluding hydrogens is 136 g/mol. The molecule has 0 amide bonds. The fourth-order valence-corrected chi connectivity index (χ4v) is 1.16. The minimum absolute atomic E-state index is 0.0861. The van der Waals surface area contributed by atoms with Crippen LogP contribution in [0.2, 0.25) is 0 Å². The molecule has 1 rings (SSSR count). The Morgan fingerprint density at radius 1 is 1.73 bits per heavy atom. The summed E-state index contributed by atoms with van der Waals surface area (Å²) in [5.74, 6) is -1.41. The van der Waals surface area contributed by atoms with Crippen molar-refractivity contribution in [1.29, 1.82) is 0 Å². The van der Waals surface area contributed by atoms with Gasteiger partial charge in [0.1, 0.15) is 0 Å². The van der Waals surface area contributed by atoms with Crippen molar-refractivity contribution in [2.24, 2.45) is 5.92 Å². The molecule has 1 saturated carbocycles. The van der Waals surface area contributed by atoms with Gasteiger partial charge < -0.3 is 0 Å². The summed E-state index contributed by atoms with van der Waals surface area (Å²) in [6.45, 7) is 1.09. The lowest BCUT2D eigenvalue weighted by molar-refractivity contribution is -0.117. The molecule has 11 heavy (non-hydrogen) atoms. The van der Waals surface area contributed by atoms with Gasteiger partial charge in [-0.3, -0.25) is 4.79 Å². The van der Waals surface area contributed by atoms with E-state index in [0.717, 1.165) is 5.57 Å². The van der Waals surface area contributed by atoms with Crippen molar-refractivity contribution in [2.75, 3.05) is 0 Å². The molecule has 62 valence electrons. The average Bonchev–Trinajstić information content (AvgIpc) is 2.06. The molecule has 0 heterocycles. The van der Waals surface area contributed by atoms with E-state index in [1.54, 1.807) is 13.8 Å². The van der Waals surface area contributed by atoms with Gasteiger partial charge in [-0.2, -0.15) is 0 Å². The van der Waals surface area contributed by atoms with E-state index in [-0.39, 0.29) is 18.6 Å². The van der Waals surface area contributed by atoms with Gasteiger partial charge in [-0.05, 0) is 38.1 Å². The second-order valence-electron chi connectivity index (χ2n) is 3.04. The fraction of sp³-hybridized carbons (Fsp3) is 0.700. The summed E-state index contributed by atoms with van der Waals surface area (Å²) in [5.41, 5.74) is 1.23. The molecule has 0 saturated heterocycles. The molecule has 1 aliphatic rings. The van der Waals surface area contributed by atoms with Crippen LogP contribution < -0.4 is 0 Å². The molecule has 0 N–H and O–H groups in total. The first-order chi connectivity index (χ1) is 7.05. The third-order valence-corrected chi connectivity index (χ3v) is 1.85. The van der Waals surface area contributed by atoms with Crippen LogP contribution in [-0.4, -0.2) is 5.78 Å². The second-order valence-corrected chi connectivity index (χ2v) is 3.04. The highest BCUT2D eigenvalue weighted by atomic mass is 16.1. The van der Waals surface area contributed by atoms with Gasteiger partial charge in [0, 0.05) is 13.3 Å². The molecular formula is C10H16O. The third kappa shape index (κ3) is 1.92. The second kappa shape index (κ2) is 3.21. The number of hydrogen-bond acceptors (Lipinski definition) is 1. The van der Waals surface area contributed by atoms with Crippen molar-refractivity contribution in [1.82, 2.24) is 0 Å². The van der Waals surface area contributed by atoms with E-state index in [4.69, 9.17) is 6.85 Å². The number of carbonyl (C=O) groups excluding carboxylic acids is 1. The molecule has 1 atom stereocenters. The Hall–Kier alpha value is -0.590. The van der Waals surface area contributed by atoms with Crippen LogP contribution in [-0.2, 0) is 4.79 Å². The summed E-state index contributed by atoms with van der Waals surface area (Å²) in [4.78, 5) is 11.7. The zero-order chi connectivity index (χ0) is 12.7. The number of carbonyl (C=O) groups is 1. The minimum atomic E-state index is -2.41. The molecule has 0 unspecified atom stereocenters. The molecule has 1 nitrogen and oxygen atoms in total. The highest BCUT2D eigenvalue weighted by Crippen LogP contribution is 2.26. The number of rotatable bonds is 0. The van der Waals surface area contributed by atoms with E-state index in [1.807, 2.05) is 0 Å². The Balaban J connectivity index is 3.08. The van der Waals surface area contributed by atoms with Crippen molar-refractivity contribution >= 4 is 5.78 Å². The Bertz CT molecular complexity index is 336. The van der Waals surface area contributed by atoms with E-state index < -0.39 is 19.1 Å². The Morgan fingerprint density at radius 3 is 3.00 bits per heavy atom. The van der Waals surface area contributed by atoms with Gasteiger partial charge in [0.05, 0.1) is 0 Å². The summed E-state index contributed by atoms with van der Waals surface area (Å²) in [5, 5.41) is 0. The Labute approximate surface area is 75.5 Å². The van der Waals surface area contributed by atoms with E-state index in [1.165, 1.54) is 0 Å². The van der Waals surface area contributed by atoms with E-state index in [2.05, 4.69) is 0 Å². The highest BCUT2D eigenvalue weighted by molar-refractivity contribution is 5.96. The maximum Gasteiger partial charge on any atom is 0.159 e. The van der Waals surface area contributed by atoms with E-state index in [0.29, 0.717) is 5.57 Å². The van der Waals surface area contributed by atoms with Gasteiger partial charge in [-0.1, -0.05) is 12.4 Å². The van der Waals surface area contributed by atoms with Crippen LogP contribution in [0.4, 0.5) is 0 Å². The minimum Gasteiger partial charge on any atom is -0.295 e. The molecule has 1 fully saturated rings. The van der Waals surface area contributed by atoms with Crippen molar-refractivity contribution in [3.63, 3.8) is 0 Å². The van der Waals surface area contributed by atoms with Gasteiger partial charge >= 0.3 is 0 Å². The summed E-state index contributed by atoms with van der Waals surface area (Å²) in [6, 6.07) is 0.